The number of para-hydroxylation sites is 1. The molecule has 2 N–H and O–H groups in total. The summed E-state index contributed by atoms with van der Waals surface area (Å²) in [5.74, 6) is 0. The average molecular weight is 359 g/mol. The third-order valence-electron chi connectivity index (χ3n) is 3.98. The van der Waals surface area contributed by atoms with Crippen LogP contribution in [0.2, 0.25) is 0 Å². The summed E-state index contributed by atoms with van der Waals surface area (Å²) in [4.78, 5) is 16.7. The van der Waals surface area contributed by atoms with Gasteiger partial charge in [-0.05, 0) is 42.0 Å². The van der Waals surface area contributed by atoms with Gasteiger partial charge >= 0.3 is 6.03 Å². The maximum absolute atomic E-state index is 12.0. The van der Waals surface area contributed by atoms with Gasteiger partial charge in [-0.2, -0.15) is 0 Å². The number of carbonyl (C=O) groups excluding carboxylic acids is 1. The Labute approximate surface area is 155 Å². The Kier molecular flexibility index (Phi) is 4.62. The number of rotatable bonds is 4. The molecule has 0 atom stereocenters. The first-order valence-corrected chi connectivity index (χ1v) is 9.14. The largest absolute Gasteiger partial charge is 0.334 e. The number of fused-ring (bicyclic) bond motifs is 1. The Hall–Kier alpha value is -3.18. The molecule has 3 aromatic carbocycles. The van der Waals surface area contributed by atoms with Gasteiger partial charge in [0.1, 0.15) is 5.01 Å². The Balaban J connectivity index is 1.40. The van der Waals surface area contributed by atoms with E-state index in [0.717, 1.165) is 27.3 Å². The number of thiazole rings is 1. The van der Waals surface area contributed by atoms with Gasteiger partial charge in [0.2, 0.25) is 0 Å². The van der Waals surface area contributed by atoms with Gasteiger partial charge in [-0.25, -0.2) is 9.78 Å². The molecule has 4 aromatic rings. The van der Waals surface area contributed by atoms with Crippen LogP contribution in [-0.4, -0.2) is 11.0 Å². The number of carbonyl (C=O) groups is 1. The average Bonchev–Trinajstić information content (AvgIpc) is 3.12. The molecule has 128 valence electrons. The molecule has 0 fully saturated rings. The van der Waals surface area contributed by atoms with Crippen LogP contribution in [0, 0.1) is 0 Å². The van der Waals surface area contributed by atoms with Crippen LogP contribution in [0.25, 0.3) is 20.8 Å². The minimum absolute atomic E-state index is 0.221. The van der Waals surface area contributed by atoms with Gasteiger partial charge in [0, 0.05) is 17.8 Å². The van der Waals surface area contributed by atoms with E-state index in [1.165, 1.54) is 4.70 Å². The first kappa shape index (κ1) is 16.3. The SMILES string of the molecule is O=C(NCc1ccccc1)Nc1ccc(-c2nc3ccccc3s2)cc1. The van der Waals surface area contributed by atoms with Crippen LogP contribution in [0.5, 0.6) is 0 Å². The Bertz CT molecular complexity index is 993. The molecule has 1 heterocycles. The third kappa shape index (κ3) is 3.73. The van der Waals surface area contributed by atoms with Crippen LogP contribution in [-0.2, 0) is 6.54 Å². The number of aromatic nitrogens is 1. The number of nitrogens with one attached hydrogen (secondary N) is 2. The molecule has 4 rings (SSSR count). The third-order valence-corrected chi connectivity index (χ3v) is 5.06. The molecular weight excluding hydrogens is 342 g/mol. The predicted octanol–water partition coefficient (Wildman–Crippen LogP) is 5.29. The molecule has 0 radical (unpaired) electrons. The lowest BCUT2D eigenvalue weighted by molar-refractivity contribution is 0.251. The number of nitrogens with zero attached hydrogens (tertiary/aromatic N) is 1. The molecule has 2 amide bonds. The second kappa shape index (κ2) is 7.37. The van der Waals surface area contributed by atoms with E-state index in [-0.39, 0.29) is 6.03 Å². The first-order valence-electron chi connectivity index (χ1n) is 8.33. The highest BCUT2D eigenvalue weighted by atomic mass is 32.1. The van der Waals surface area contributed by atoms with Crippen molar-refractivity contribution in [1.82, 2.24) is 10.3 Å². The molecular formula is C21H17N3OS. The van der Waals surface area contributed by atoms with Gasteiger partial charge in [0.25, 0.3) is 0 Å². The minimum Gasteiger partial charge on any atom is -0.334 e. The van der Waals surface area contributed by atoms with E-state index in [1.54, 1.807) is 11.3 Å². The van der Waals surface area contributed by atoms with Gasteiger partial charge in [-0.3, -0.25) is 0 Å². The highest BCUT2D eigenvalue weighted by Gasteiger charge is 2.07. The van der Waals surface area contributed by atoms with Crippen molar-refractivity contribution in [1.29, 1.82) is 0 Å². The van der Waals surface area contributed by atoms with Crippen LogP contribution in [0.1, 0.15) is 5.56 Å². The van der Waals surface area contributed by atoms with Crippen molar-refractivity contribution in [3.8, 4) is 10.6 Å². The van der Waals surface area contributed by atoms with Gasteiger partial charge in [-0.15, -0.1) is 11.3 Å². The summed E-state index contributed by atoms with van der Waals surface area (Å²) in [6.07, 6.45) is 0. The predicted molar refractivity (Wildman–Crippen MR) is 107 cm³/mol. The molecule has 5 heteroatoms. The van der Waals surface area contributed by atoms with Gasteiger partial charge in [0.15, 0.2) is 0 Å². The van der Waals surface area contributed by atoms with Gasteiger partial charge < -0.3 is 10.6 Å². The smallest absolute Gasteiger partial charge is 0.319 e. The number of benzene rings is 3. The zero-order chi connectivity index (χ0) is 17.8. The van der Waals surface area contributed by atoms with E-state index in [2.05, 4.69) is 21.7 Å². The number of amides is 2. The maximum atomic E-state index is 12.0. The fraction of sp³-hybridized carbons (Fsp3) is 0.0476. The summed E-state index contributed by atoms with van der Waals surface area (Å²) >= 11 is 1.67. The fourth-order valence-corrected chi connectivity index (χ4v) is 3.62. The van der Waals surface area contributed by atoms with Crippen LogP contribution < -0.4 is 10.6 Å². The number of hydrogen-bond donors (Lipinski definition) is 2. The minimum atomic E-state index is -0.221. The van der Waals surface area contributed by atoms with Crippen molar-refractivity contribution in [3.63, 3.8) is 0 Å². The summed E-state index contributed by atoms with van der Waals surface area (Å²) in [7, 11) is 0. The van der Waals surface area contributed by atoms with E-state index in [9.17, 15) is 4.79 Å². The van der Waals surface area contributed by atoms with E-state index in [4.69, 9.17) is 0 Å². The first-order chi connectivity index (χ1) is 12.8. The molecule has 26 heavy (non-hydrogen) atoms. The zero-order valence-electron chi connectivity index (χ0n) is 14.0. The summed E-state index contributed by atoms with van der Waals surface area (Å²) in [6.45, 7) is 0.496. The highest BCUT2D eigenvalue weighted by Crippen LogP contribution is 2.30. The lowest BCUT2D eigenvalue weighted by Gasteiger charge is -2.08. The van der Waals surface area contributed by atoms with Crippen molar-refractivity contribution < 1.29 is 4.79 Å². The van der Waals surface area contributed by atoms with Crippen molar-refractivity contribution >= 4 is 33.3 Å². The summed E-state index contributed by atoms with van der Waals surface area (Å²) in [5.41, 5.74) is 3.87. The standard InChI is InChI=1S/C21H17N3OS/c25-21(22-14-15-6-2-1-3-7-15)23-17-12-10-16(11-13-17)20-24-18-8-4-5-9-19(18)26-20/h1-13H,14H2,(H2,22,23,25). The quantitative estimate of drug-likeness (QED) is 0.520. The molecule has 0 saturated carbocycles. The summed E-state index contributed by atoms with van der Waals surface area (Å²) in [6, 6.07) is 25.4. The molecule has 0 bridgehead atoms. The van der Waals surface area contributed by atoms with E-state index < -0.39 is 0 Å². The second-order valence-electron chi connectivity index (χ2n) is 5.86. The Morgan fingerprint density at radius 3 is 2.38 bits per heavy atom. The highest BCUT2D eigenvalue weighted by molar-refractivity contribution is 7.21. The second-order valence-corrected chi connectivity index (χ2v) is 6.89. The van der Waals surface area contributed by atoms with E-state index in [0.29, 0.717) is 6.54 Å². The van der Waals surface area contributed by atoms with Crippen LogP contribution >= 0.6 is 11.3 Å². The Morgan fingerprint density at radius 2 is 1.62 bits per heavy atom. The molecule has 4 nitrogen and oxygen atoms in total. The van der Waals surface area contributed by atoms with Crippen molar-refractivity contribution in [3.05, 3.63) is 84.4 Å². The fourth-order valence-electron chi connectivity index (χ4n) is 2.65. The monoisotopic (exact) mass is 359 g/mol. The number of hydrogen-bond acceptors (Lipinski definition) is 3. The lowest BCUT2D eigenvalue weighted by Crippen LogP contribution is -2.28. The van der Waals surface area contributed by atoms with Crippen LogP contribution in [0.4, 0.5) is 10.5 Å². The topological polar surface area (TPSA) is 54.0 Å². The molecule has 0 aliphatic rings. The van der Waals surface area contributed by atoms with E-state index in [1.807, 2.05) is 72.8 Å². The molecule has 0 spiro atoms. The molecule has 0 aliphatic carbocycles. The lowest BCUT2D eigenvalue weighted by atomic mass is 10.2. The van der Waals surface area contributed by atoms with Gasteiger partial charge in [0.05, 0.1) is 10.2 Å². The molecule has 0 saturated heterocycles. The van der Waals surface area contributed by atoms with Crippen molar-refractivity contribution in [2.24, 2.45) is 0 Å². The van der Waals surface area contributed by atoms with Gasteiger partial charge in [-0.1, -0.05) is 42.5 Å². The maximum Gasteiger partial charge on any atom is 0.319 e. The Morgan fingerprint density at radius 1 is 0.885 bits per heavy atom. The van der Waals surface area contributed by atoms with Crippen LogP contribution in [0.3, 0.4) is 0 Å². The van der Waals surface area contributed by atoms with Crippen LogP contribution in [0.15, 0.2) is 78.9 Å². The van der Waals surface area contributed by atoms with Crippen molar-refractivity contribution in [2.75, 3.05) is 5.32 Å². The molecule has 0 aliphatic heterocycles. The van der Waals surface area contributed by atoms with Crippen molar-refractivity contribution in [2.45, 2.75) is 6.54 Å². The molecule has 1 aromatic heterocycles. The number of urea groups is 1. The number of anilines is 1. The molecule has 0 unspecified atom stereocenters. The summed E-state index contributed by atoms with van der Waals surface area (Å²) in [5, 5.41) is 6.68. The normalized spacial score (nSPS) is 10.6. The van der Waals surface area contributed by atoms with E-state index >= 15 is 0 Å². The summed E-state index contributed by atoms with van der Waals surface area (Å²) < 4.78 is 1.17. The zero-order valence-corrected chi connectivity index (χ0v) is 14.8.